The van der Waals surface area contributed by atoms with Crippen molar-refractivity contribution in [3.8, 4) is 0 Å². The standard InChI is InChI=1S/C9H11N4O/c14-8-12-3-5-13(6-4-12)9-7-10-1-2-11-9/h1-2,7H,3-6H2. The molecule has 14 heavy (non-hydrogen) atoms. The molecule has 2 heterocycles. The minimum absolute atomic E-state index is 0.708. The maximum atomic E-state index is 10.4. The molecule has 1 fully saturated rings. The lowest BCUT2D eigenvalue weighted by Gasteiger charge is -2.32. The number of aromatic nitrogens is 2. The molecule has 1 aliphatic rings. The van der Waals surface area contributed by atoms with E-state index >= 15 is 0 Å². The summed E-state index contributed by atoms with van der Waals surface area (Å²) in [6.45, 7) is 3.02. The van der Waals surface area contributed by atoms with E-state index in [0.717, 1.165) is 18.9 Å². The van der Waals surface area contributed by atoms with Crippen LogP contribution in [-0.2, 0) is 4.79 Å². The van der Waals surface area contributed by atoms with Crippen molar-refractivity contribution in [1.82, 2.24) is 14.9 Å². The van der Waals surface area contributed by atoms with Gasteiger partial charge in [0.25, 0.3) is 0 Å². The Morgan fingerprint density at radius 1 is 1.21 bits per heavy atom. The first-order chi connectivity index (χ1) is 6.90. The van der Waals surface area contributed by atoms with Crippen LogP contribution in [0.4, 0.5) is 5.82 Å². The SMILES string of the molecule is O=[C]N1CCN(c2cnccn2)CC1. The second kappa shape index (κ2) is 4.04. The third-order valence-electron chi connectivity index (χ3n) is 2.28. The van der Waals surface area contributed by atoms with Crippen LogP contribution >= 0.6 is 0 Å². The molecule has 0 saturated carbocycles. The van der Waals surface area contributed by atoms with Gasteiger partial charge in [-0.05, 0) is 0 Å². The molecule has 5 heteroatoms. The maximum Gasteiger partial charge on any atom is 0.312 e. The highest BCUT2D eigenvalue weighted by Gasteiger charge is 2.16. The summed E-state index contributed by atoms with van der Waals surface area (Å²) in [5.41, 5.74) is 0. The highest BCUT2D eigenvalue weighted by atomic mass is 16.1. The largest absolute Gasteiger partial charge is 0.352 e. The van der Waals surface area contributed by atoms with Crippen molar-refractivity contribution in [3.05, 3.63) is 18.6 Å². The molecule has 1 aliphatic heterocycles. The van der Waals surface area contributed by atoms with E-state index in [-0.39, 0.29) is 0 Å². The van der Waals surface area contributed by atoms with Crippen molar-refractivity contribution < 1.29 is 4.79 Å². The third kappa shape index (κ3) is 1.81. The Bertz CT molecular complexity index is 295. The number of carbonyl (C=O) groups excluding carboxylic acids is 1. The Morgan fingerprint density at radius 3 is 2.57 bits per heavy atom. The molecule has 73 valence electrons. The summed E-state index contributed by atoms with van der Waals surface area (Å²) in [6, 6.07) is 0. The Balaban J connectivity index is 1.99. The van der Waals surface area contributed by atoms with Gasteiger partial charge in [0.2, 0.25) is 0 Å². The molecule has 1 radical (unpaired) electrons. The van der Waals surface area contributed by atoms with Crippen molar-refractivity contribution >= 4 is 12.2 Å². The average molecular weight is 191 g/mol. The van der Waals surface area contributed by atoms with Crippen molar-refractivity contribution in [2.24, 2.45) is 0 Å². The number of hydrogen-bond donors (Lipinski definition) is 0. The number of nitrogens with zero attached hydrogens (tertiary/aromatic N) is 4. The van der Waals surface area contributed by atoms with Gasteiger partial charge in [-0.15, -0.1) is 0 Å². The molecule has 1 aromatic heterocycles. The second-order valence-electron chi connectivity index (χ2n) is 3.13. The fourth-order valence-corrected chi connectivity index (χ4v) is 1.48. The molecule has 1 amide bonds. The molecule has 0 aromatic carbocycles. The van der Waals surface area contributed by atoms with Crippen molar-refractivity contribution in [1.29, 1.82) is 0 Å². The number of hydrogen-bond acceptors (Lipinski definition) is 4. The first-order valence-corrected chi connectivity index (χ1v) is 4.54. The van der Waals surface area contributed by atoms with Crippen LogP contribution in [0.2, 0.25) is 0 Å². The summed E-state index contributed by atoms with van der Waals surface area (Å²) in [5.74, 6) is 0.873. The summed E-state index contributed by atoms with van der Waals surface area (Å²) in [6.07, 6.45) is 6.96. The van der Waals surface area contributed by atoms with E-state index < -0.39 is 0 Å². The van der Waals surface area contributed by atoms with E-state index in [1.165, 1.54) is 0 Å². The first-order valence-electron chi connectivity index (χ1n) is 4.54. The highest BCUT2D eigenvalue weighted by Crippen LogP contribution is 2.09. The molecule has 2 rings (SSSR count). The molecule has 0 N–H and O–H groups in total. The van der Waals surface area contributed by atoms with E-state index in [9.17, 15) is 4.79 Å². The second-order valence-corrected chi connectivity index (χ2v) is 3.13. The summed E-state index contributed by atoms with van der Waals surface area (Å²) in [5, 5.41) is 0. The lowest BCUT2D eigenvalue weighted by atomic mass is 10.3. The Labute approximate surface area is 82.4 Å². The van der Waals surface area contributed by atoms with E-state index in [1.54, 1.807) is 23.5 Å². The van der Waals surface area contributed by atoms with Crippen LogP contribution in [0.1, 0.15) is 0 Å². The monoisotopic (exact) mass is 191 g/mol. The van der Waals surface area contributed by atoms with Gasteiger partial charge in [0.15, 0.2) is 0 Å². The first kappa shape index (κ1) is 8.93. The van der Waals surface area contributed by atoms with Crippen LogP contribution < -0.4 is 4.90 Å². The average Bonchev–Trinajstić information content (AvgIpc) is 2.30. The third-order valence-corrected chi connectivity index (χ3v) is 2.28. The van der Waals surface area contributed by atoms with Crippen molar-refractivity contribution in [2.45, 2.75) is 0 Å². The van der Waals surface area contributed by atoms with Crippen molar-refractivity contribution in [2.75, 3.05) is 31.1 Å². The Kier molecular flexibility index (Phi) is 2.58. The molecular weight excluding hydrogens is 180 g/mol. The van der Waals surface area contributed by atoms with Crippen LogP contribution in [-0.4, -0.2) is 47.5 Å². The van der Waals surface area contributed by atoms with Crippen LogP contribution in [0.3, 0.4) is 0 Å². The lowest BCUT2D eigenvalue weighted by Crippen LogP contribution is -2.46. The summed E-state index contributed by atoms with van der Waals surface area (Å²) in [4.78, 5) is 22.3. The Hall–Kier alpha value is -1.65. The van der Waals surface area contributed by atoms with Crippen LogP contribution in [0.25, 0.3) is 0 Å². The summed E-state index contributed by atoms with van der Waals surface area (Å²) >= 11 is 0. The molecule has 0 bridgehead atoms. The molecule has 1 aromatic rings. The van der Waals surface area contributed by atoms with E-state index in [0.29, 0.717) is 13.1 Å². The zero-order chi connectivity index (χ0) is 9.80. The van der Waals surface area contributed by atoms with Gasteiger partial charge in [-0.25, -0.2) is 4.98 Å². The van der Waals surface area contributed by atoms with E-state index in [1.807, 2.05) is 6.41 Å². The highest BCUT2D eigenvalue weighted by molar-refractivity contribution is 5.49. The normalized spacial score (nSPS) is 16.9. The smallest absolute Gasteiger partial charge is 0.312 e. The maximum absolute atomic E-state index is 10.4. The van der Waals surface area contributed by atoms with Gasteiger partial charge in [0, 0.05) is 38.6 Å². The zero-order valence-electron chi connectivity index (χ0n) is 7.76. The van der Waals surface area contributed by atoms with Crippen LogP contribution in [0, 0.1) is 0 Å². The van der Waals surface area contributed by atoms with Crippen LogP contribution in [0.15, 0.2) is 18.6 Å². The minimum Gasteiger partial charge on any atom is -0.352 e. The Morgan fingerprint density at radius 2 is 2.00 bits per heavy atom. The molecule has 1 saturated heterocycles. The fourth-order valence-electron chi connectivity index (χ4n) is 1.48. The molecule has 0 aliphatic carbocycles. The lowest BCUT2D eigenvalue weighted by molar-refractivity contribution is 0.356. The van der Waals surface area contributed by atoms with E-state index in [2.05, 4.69) is 14.9 Å². The predicted molar refractivity (Wildman–Crippen MR) is 51.5 cm³/mol. The molecule has 5 nitrogen and oxygen atoms in total. The molecule has 0 unspecified atom stereocenters. The van der Waals surface area contributed by atoms with E-state index in [4.69, 9.17) is 0 Å². The summed E-state index contributed by atoms with van der Waals surface area (Å²) in [7, 11) is 0. The van der Waals surface area contributed by atoms with Gasteiger partial charge in [-0.1, -0.05) is 0 Å². The van der Waals surface area contributed by atoms with Crippen LogP contribution in [0.5, 0.6) is 0 Å². The van der Waals surface area contributed by atoms with Gasteiger partial charge in [0.05, 0.1) is 6.20 Å². The predicted octanol–water partition coefficient (Wildman–Crippen LogP) is -0.334. The van der Waals surface area contributed by atoms with Gasteiger partial charge >= 0.3 is 6.41 Å². The van der Waals surface area contributed by atoms with Gasteiger partial charge < -0.3 is 9.80 Å². The molecule has 0 spiro atoms. The van der Waals surface area contributed by atoms with Gasteiger partial charge in [0.1, 0.15) is 5.82 Å². The summed E-state index contributed by atoms with van der Waals surface area (Å²) < 4.78 is 0. The van der Waals surface area contributed by atoms with Gasteiger partial charge in [-0.2, -0.15) is 0 Å². The molecular formula is C9H11N4O. The van der Waals surface area contributed by atoms with Gasteiger partial charge in [-0.3, -0.25) is 9.78 Å². The number of piperazine rings is 1. The van der Waals surface area contributed by atoms with Crippen molar-refractivity contribution in [3.63, 3.8) is 0 Å². The quantitative estimate of drug-likeness (QED) is 0.642. The molecule has 0 atom stereocenters. The minimum atomic E-state index is 0.708. The number of rotatable bonds is 2. The topological polar surface area (TPSA) is 49.3 Å². The zero-order valence-corrected chi connectivity index (χ0v) is 7.76. The number of amides is 1. The number of anilines is 1. The fraction of sp³-hybridized carbons (Fsp3) is 0.444.